The number of hydrogen-bond donors (Lipinski definition) is 0. The van der Waals surface area contributed by atoms with Crippen molar-refractivity contribution in [3.8, 4) is 0 Å². The van der Waals surface area contributed by atoms with E-state index in [4.69, 9.17) is 9.57 Å². The largest absolute Gasteiger partial charge is 0.393 e. The molecule has 0 fully saturated rings. The second-order valence-electron chi connectivity index (χ2n) is 4.23. The van der Waals surface area contributed by atoms with Crippen molar-refractivity contribution in [1.29, 1.82) is 0 Å². The van der Waals surface area contributed by atoms with Gasteiger partial charge in [0.1, 0.15) is 17.6 Å². The van der Waals surface area contributed by atoms with Crippen molar-refractivity contribution < 1.29 is 18.0 Å². The molecule has 0 amide bonds. The molecule has 0 radical (unpaired) electrons. The second kappa shape index (κ2) is 5.73. The molecule has 0 saturated carbocycles. The van der Waals surface area contributed by atoms with Gasteiger partial charge in [0.25, 0.3) is 0 Å². The maximum atomic E-state index is 12.1. The number of ether oxygens (including phenoxy) is 1. The van der Waals surface area contributed by atoms with Crippen LogP contribution in [0.5, 0.6) is 0 Å². The molecule has 2 rings (SSSR count). The van der Waals surface area contributed by atoms with Gasteiger partial charge in [0.05, 0.1) is 11.5 Å². The van der Waals surface area contributed by atoms with Crippen molar-refractivity contribution in [2.45, 2.75) is 4.90 Å². The van der Waals surface area contributed by atoms with Gasteiger partial charge in [-0.3, -0.25) is 0 Å². The summed E-state index contributed by atoms with van der Waals surface area (Å²) in [6.07, 6.45) is 0. The number of hydrogen-bond acceptors (Lipinski definition) is 6. The van der Waals surface area contributed by atoms with Crippen molar-refractivity contribution in [2.24, 2.45) is 0 Å². The summed E-state index contributed by atoms with van der Waals surface area (Å²) in [5.41, 5.74) is 1.05. The third-order valence-electron chi connectivity index (χ3n) is 2.67. The Morgan fingerprint density at radius 1 is 1.30 bits per heavy atom. The van der Waals surface area contributed by atoms with Crippen LogP contribution in [0.2, 0.25) is 0 Å². The van der Waals surface area contributed by atoms with Crippen LogP contribution in [-0.4, -0.2) is 62.3 Å². The minimum atomic E-state index is -3.50. The summed E-state index contributed by atoms with van der Waals surface area (Å²) in [5.74, 6) is 0. The molecule has 8 nitrogen and oxygen atoms in total. The monoisotopic (exact) mass is 300 g/mol. The zero-order chi connectivity index (χ0) is 14.8. The van der Waals surface area contributed by atoms with Gasteiger partial charge in [0, 0.05) is 21.2 Å². The first kappa shape index (κ1) is 14.7. The molecule has 0 aliphatic heterocycles. The van der Waals surface area contributed by atoms with Gasteiger partial charge in [-0.15, -0.1) is 5.10 Å². The van der Waals surface area contributed by atoms with Crippen LogP contribution in [0.3, 0.4) is 0 Å². The zero-order valence-corrected chi connectivity index (χ0v) is 12.3. The Kier molecular flexibility index (Phi) is 4.21. The van der Waals surface area contributed by atoms with Crippen LogP contribution in [0.1, 0.15) is 0 Å². The molecule has 0 unspecified atom stereocenters. The van der Waals surface area contributed by atoms with Crippen LogP contribution >= 0.6 is 0 Å². The van der Waals surface area contributed by atoms with E-state index < -0.39 is 10.0 Å². The van der Waals surface area contributed by atoms with E-state index in [1.165, 1.54) is 31.1 Å². The van der Waals surface area contributed by atoms with Crippen molar-refractivity contribution in [2.75, 3.05) is 34.4 Å². The Bertz CT molecular complexity index is 696. The van der Waals surface area contributed by atoms with E-state index in [-0.39, 0.29) is 4.90 Å². The third kappa shape index (κ3) is 2.74. The number of nitrogens with zero attached hydrogens (tertiary/aromatic N) is 4. The maximum Gasteiger partial charge on any atom is 0.242 e. The van der Waals surface area contributed by atoms with E-state index in [2.05, 4.69) is 10.3 Å². The molecular formula is C11H16N4O4S. The number of fused-ring (bicyclic) bond motifs is 1. The number of benzene rings is 1. The van der Waals surface area contributed by atoms with Gasteiger partial charge >= 0.3 is 0 Å². The van der Waals surface area contributed by atoms with Gasteiger partial charge in [0.15, 0.2) is 0 Å². The van der Waals surface area contributed by atoms with E-state index >= 15 is 0 Å². The fourth-order valence-electron chi connectivity index (χ4n) is 1.55. The molecule has 0 bridgehead atoms. The van der Waals surface area contributed by atoms with Crippen LogP contribution in [0.4, 0.5) is 0 Å². The smallest absolute Gasteiger partial charge is 0.242 e. The van der Waals surface area contributed by atoms with E-state index in [9.17, 15) is 8.42 Å². The first-order valence-electron chi connectivity index (χ1n) is 5.87. The highest BCUT2D eigenvalue weighted by Crippen LogP contribution is 2.18. The molecule has 2 aromatic rings. The second-order valence-corrected chi connectivity index (χ2v) is 6.38. The van der Waals surface area contributed by atoms with Crippen molar-refractivity contribution in [3.05, 3.63) is 18.2 Å². The molecule has 0 saturated heterocycles. The number of sulfonamides is 1. The Morgan fingerprint density at radius 2 is 2.05 bits per heavy atom. The van der Waals surface area contributed by atoms with Gasteiger partial charge in [-0.1, -0.05) is 4.85 Å². The zero-order valence-electron chi connectivity index (χ0n) is 11.5. The minimum Gasteiger partial charge on any atom is -0.393 e. The quantitative estimate of drug-likeness (QED) is 0.684. The van der Waals surface area contributed by atoms with Crippen molar-refractivity contribution >= 4 is 21.1 Å². The first-order chi connectivity index (χ1) is 9.46. The third-order valence-corrected chi connectivity index (χ3v) is 4.48. The molecule has 1 heterocycles. The Hall–Kier alpha value is -1.71. The highest BCUT2D eigenvalue weighted by Gasteiger charge is 2.19. The summed E-state index contributed by atoms with van der Waals surface area (Å²) in [6.45, 7) is 0.691. The Morgan fingerprint density at radius 3 is 2.70 bits per heavy atom. The molecular weight excluding hydrogens is 284 g/mol. The van der Waals surface area contributed by atoms with Crippen molar-refractivity contribution in [1.82, 2.24) is 19.5 Å². The Labute approximate surface area is 116 Å². The molecule has 110 valence electrons. The van der Waals surface area contributed by atoms with Gasteiger partial charge in [-0.25, -0.2) is 12.7 Å². The Balaban J connectivity index is 2.39. The lowest BCUT2D eigenvalue weighted by Gasteiger charge is -2.11. The van der Waals surface area contributed by atoms with Gasteiger partial charge in [-0.05, 0) is 23.4 Å². The van der Waals surface area contributed by atoms with E-state index in [0.29, 0.717) is 24.2 Å². The predicted molar refractivity (Wildman–Crippen MR) is 71.7 cm³/mol. The molecule has 1 aromatic heterocycles. The van der Waals surface area contributed by atoms with E-state index in [1.54, 1.807) is 13.2 Å². The average molecular weight is 300 g/mol. The standard InChI is InChI=1S/C11H16N4O4S/c1-14(2)20(16,17)9-4-5-10-11(8-9)15(13-12-10)19-7-6-18-3/h4-5,8H,6-7H2,1-3H3. The van der Waals surface area contributed by atoms with E-state index in [1.807, 2.05) is 0 Å². The SMILES string of the molecule is COCCOn1nnc2ccc(S(=O)(=O)N(C)C)cc21. The molecule has 1 aromatic carbocycles. The molecule has 0 atom stereocenters. The van der Waals surface area contributed by atoms with Crippen molar-refractivity contribution in [3.63, 3.8) is 0 Å². The molecule has 0 N–H and O–H groups in total. The molecule has 0 aliphatic carbocycles. The number of rotatable bonds is 6. The summed E-state index contributed by atoms with van der Waals surface area (Å²) in [7, 11) is 1.01. The molecule has 20 heavy (non-hydrogen) atoms. The summed E-state index contributed by atoms with van der Waals surface area (Å²) in [6, 6.07) is 4.57. The summed E-state index contributed by atoms with van der Waals surface area (Å²) in [4.78, 5) is 6.70. The summed E-state index contributed by atoms with van der Waals surface area (Å²) in [5, 5.41) is 7.72. The van der Waals surface area contributed by atoms with Crippen LogP contribution < -0.4 is 4.84 Å². The topological polar surface area (TPSA) is 86.5 Å². The van der Waals surface area contributed by atoms with Crippen LogP contribution in [0.15, 0.2) is 23.1 Å². The highest BCUT2D eigenvalue weighted by atomic mass is 32.2. The van der Waals surface area contributed by atoms with Gasteiger partial charge < -0.3 is 9.57 Å². The van der Waals surface area contributed by atoms with Crippen LogP contribution in [0.25, 0.3) is 11.0 Å². The molecule has 9 heteroatoms. The maximum absolute atomic E-state index is 12.1. The van der Waals surface area contributed by atoms with Crippen LogP contribution in [-0.2, 0) is 14.8 Å². The lowest BCUT2D eigenvalue weighted by Crippen LogP contribution is -2.22. The molecule has 0 aliphatic rings. The van der Waals surface area contributed by atoms with Gasteiger partial charge in [-0.2, -0.15) is 0 Å². The molecule has 0 spiro atoms. The lowest BCUT2D eigenvalue weighted by atomic mass is 10.3. The lowest BCUT2D eigenvalue weighted by molar-refractivity contribution is 0.0434. The van der Waals surface area contributed by atoms with Crippen LogP contribution in [0, 0.1) is 0 Å². The fourth-order valence-corrected chi connectivity index (χ4v) is 2.47. The summed E-state index contributed by atoms with van der Waals surface area (Å²) < 4.78 is 30.2. The number of methoxy groups -OCH3 is 1. The average Bonchev–Trinajstić information content (AvgIpc) is 2.81. The van der Waals surface area contributed by atoms with E-state index in [0.717, 1.165) is 4.31 Å². The summed E-state index contributed by atoms with van der Waals surface area (Å²) >= 11 is 0. The first-order valence-corrected chi connectivity index (χ1v) is 7.31. The number of aromatic nitrogens is 3. The van der Waals surface area contributed by atoms with Gasteiger partial charge in [0.2, 0.25) is 10.0 Å². The minimum absolute atomic E-state index is 0.161. The predicted octanol–water partition coefficient (Wildman–Crippen LogP) is -0.243. The highest BCUT2D eigenvalue weighted by molar-refractivity contribution is 7.89. The fraction of sp³-hybridized carbons (Fsp3) is 0.455. The normalized spacial score (nSPS) is 12.2.